The first kappa shape index (κ1) is 14.9. The SMILES string of the molecule is NNc1cc(C(F)(F)F)cc(N2CCCCCCC2)n1. The van der Waals surface area contributed by atoms with Crippen molar-refractivity contribution in [1.82, 2.24) is 4.98 Å². The Morgan fingerprint density at radius 1 is 1.05 bits per heavy atom. The standard InChI is InChI=1S/C13H19F3N4/c14-13(15,16)10-8-11(19-17)18-12(9-10)20-6-4-2-1-3-5-7-20/h8-9H,1-7,17H2,(H,18,19). The third-order valence-corrected chi connectivity index (χ3v) is 3.47. The summed E-state index contributed by atoms with van der Waals surface area (Å²) >= 11 is 0. The molecule has 112 valence electrons. The lowest BCUT2D eigenvalue weighted by molar-refractivity contribution is -0.137. The molecule has 4 nitrogen and oxygen atoms in total. The Kier molecular flexibility index (Phi) is 4.69. The summed E-state index contributed by atoms with van der Waals surface area (Å²) in [6, 6.07) is 2.02. The van der Waals surface area contributed by atoms with Crippen LogP contribution in [0, 0.1) is 0 Å². The van der Waals surface area contributed by atoms with E-state index < -0.39 is 11.7 Å². The number of hydrazine groups is 1. The topological polar surface area (TPSA) is 54.2 Å². The number of nitrogens with two attached hydrogens (primary N) is 1. The number of hydrogen-bond donors (Lipinski definition) is 2. The van der Waals surface area contributed by atoms with Gasteiger partial charge in [-0.15, -0.1) is 0 Å². The lowest BCUT2D eigenvalue weighted by Crippen LogP contribution is -2.28. The average Bonchev–Trinajstić information content (AvgIpc) is 2.36. The zero-order valence-electron chi connectivity index (χ0n) is 11.2. The van der Waals surface area contributed by atoms with Crippen molar-refractivity contribution in [3.8, 4) is 0 Å². The van der Waals surface area contributed by atoms with Gasteiger partial charge in [-0.3, -0.25) is 0 Å². The number of alkyl halides is 3. The van der Waals surface area contributed by atoms with Crippen molar-refractivity contribution in [2.24, 2.45) is 5.84 Å². The predicted molar refractivity (Wildman–Crippen MR) is 72.3 cm³/mol. The normalized spacial score (nSPS) is 17.5. The molecule has 1 fully saturated rings. The van der Waals surface area contributed by atoms with E-state index in [1.54, 1.807) is 0 Å². The van der Waals surface area contributed by atoms with Crippen LogP contribution in [-0.4, -0.2) is 18.1 Å². The first-order valence-electron chi connectivity index (χ1n) is 6.81. The van der Waals surface area contributed by atoms with Gasteiger partial charge in [0.15, 0.2) is 0 Å². The van der Waals surface area contributed by atoms with E-state index in [2.05, 4.69) is 10.4 Å². The molecular formula is C13H19F3N4. The van der Waals surface area contributed by atoms with Gasteiger partial charge in [0.2, 0.25) is 0 Å². The zero-order valence-corrected chi connectivity index (χ0v) is 11.2. The molecular weight excluding hydrogens is 269 g/mol. The van der Waals surface area contributed by atoms with Crippen LogP contribution in [0.1, 0.15) is 37.7 Å². The molecule has 1 aliphatic rings. The fourth-order valence-electron chi connectivity index (χ4n) is 2.39. The molecule has 0 aromatic carbocycles. The van der Waals surface area contributed by atoms with Crippen LogP contribution >= 0.6 is 0 Å². The second kappa shape index (κ2) is 6.30. The molecule has 7 heteroatoms. The monoisotopic (exact) mass is 288 g/mol. The highest BCUT2D eigenvalue weighted by molar-refractivity contribution is 5.50. The minimum atomic E-state index is -4.40. The number of aromatic nitrogens is 1. The maximum atomic E-state index is 12.9. The van der Waals surface area contributed by atoms with Crippen LogP contribution in [0.4, 0.5) is 24.8 Å². The summed E-state index contributed by atoms with van der Waals surface area (Å²) in [4.78, 5) is 6.06. The van der Waals surface area contributed by atoms with E-state index in [0.29, 0.717) is 5.82 Å². The molecule has 2 heterocycles. The Morgan fingerprint density at radius 2 is 1.65 bits per heavy atom. The summed E-state index contributed by atoms with van der Waals surface area (Å²) < 4.78 is 38.6. The molecule has 20 heavy (non-hydrogen) atoms. The van der Waals surface area contributed by atoms with Gasteiger partial charge in [-0.2, -0.15) is 13.2 Å². The van der Waals surface area contributed by atoms with Crippen molar-refractivity contribution >= 4 is 11.6 Å². The number of anilines is 2. The number of nitrogens with zero attached hydrogens (tertiary/aromatic N) is 2. The number of nitrogen functional groups attached to an aromatic ring is 1. The molecule has 1 aromatic rings. The van der Waals surface area contributed by atoms with E-state index in [1.807, 2.05) is 4.90 Å². The van der Waals surface area contributed by atoms with Crippen molar-refractivity contribution in [3.63, 3.8) is 0 Å². The van der Waals surface area contributed by atoms with Gasteiger partial charge in [-0.25, -0.2) is 10.8 Å². The highest BCUT2D eigenvalue weighted by Crippen LogP contribution is 2.33. The van der Waals surface area contributed by atoms with Crippen molar-refractivity contribution in [2.45, 2.75) is 38.3 Å². The molecule has 1 aliphatic heterocycles. The van der Waals surface area contributed by atoms with E-state index in [9.17, 15) is 13.2 Å². The number of pyridine rings is 1. The van der Waals surface area contributed by atoms with E-state index in [1.165, 1.54) is 6.42 Å². The average molecular weight is 288 g/mol. The van der Waals surface area contributed by atoms with Crippen molar-refractivity contribution in [1.29, 1.82) is 0 Å². The molecule has 0 saturated carbocycles. The van der Waals surface area contributed by atoms with E-state index in [4.69, 9.17) is 5.84 Å². The molecule has 2 rings (SSSR count). The van der Waals surface area contributed by atoms with Gasteiger partial charge in [0.05, 0.1) is 5.56 Å². The molecule has 1 aromatic heterocycles. The van der Waals surface area contributed by atoms with E-state index in [-0.39, 0.29) is 5.82 Å². The number of rotatable bonds is 2. The second-order valence-electron chi connectivity index (χ2n) is 5.00. The molecule has 0 spiro atoms. The van der Waals surface area contributed by atoms with Crippen molar-refractivity contribution in [3.05, 3.63) is 17.7 Å². The largest absolute Gasteiger partial charge is 0.416 e. The third-order valence-electron chi connectivity index (χ3n) is 3.47. The Hall–Kier alpha value is -1.50. The molecule has 0 radical (unpaired) electrons. The predicted octanol–water partition coefficient (Wildman–Crippen LogP) is 3.16. The van der Waals surface area contributed by atoms with Crippen LogP contribution in [0.25, 0.3) is 0 Å². The quantitative estimate of drug-likeness (QED) is 0.648. The Bertz CT molecular complexity index is 440. The highest BCUT2D eigenvalue weighted by atomic mass is 19.4. The second-order valence-corrected chi connectivity index (χ2v) is 5.00. The van der Waals surface area contributed by atoms with Crippen LogP contribution in [0.5, 0.6) is 0 Å². The number of halogens is 3. The maximum Gasteiger partial charge on any atom is 0.416 e. The van der Waals surface area contributed by atoms with Crippen molar-refractivity contribution in [2.75, 3.05) is 23.4 Å². The summed E-state index contributed by atoms with van der Waals surface area (Å²) in [6.07, 6.45) is 0.965. The molecule has 1 saturated heterocycles. The first-order valence-corrected chi connectivity index (χ1v) is 6.81. The molecule has 0 bridgehead atoms. The molecule has 3 N–H and O–H groups in total. The summed E-state index contributed by atoms with van der Waals surface area (Å²) in [5.74, 6) is 5.60. The minimum absolute atomic E-state index is 0.0388. The van der Waals surface area contributed by atoms with E-state index >= 15 is 0 Å². The van der Waals surface area contributed by atoms with Gasteiger partial charge < -0.3 is 10.3 Å². The third kappa shape index (κ3) is 3.75. The summed E-state index contributed by atoms with van der Waals surface area (Å²) in [5.41, 5.74) is 1.48. The lowest BCUT2D eigenvalue weighted by Gasteiger charge is -2.26. The molecule has 0 amide bonds. The lowest BCUT2D eigenvalue weighted by atomic mass is 10.1. The van der Waals surface area contributed by atoms with Gasteiger partial charge in [0.25, 0.3) is 0 Å². The fraction of sp³-hybridized carbons (Fsp3) is 0.615. The zero-order chi connectivity index (χ0) is 14.6. The van der Waals surface area contributed by atoms with Crippen LogP contribution in [0.3, 0.4) is 0 Å². The van der Waals surface area contributed by atoms with Gasteiger partial charge in [0.1, 0.15) is 11.6 Å². The highest BCUT2D eigenvalue weighted by Gasteiger charge is 2.32. The molecule has 0 unspecified atom stereocenters. The smallest absolute Gasteiger partial charge is 0.357 e. The van der Waals surface area contributed by atoms with Gasteiger partial charge in [0, 0.05) is 13.1 Å². The summed E-state index contributed by atoms with van der Waals surface area (Å²) in [7, 11) is 0. The van der Waals surface area contributed by atoms with Gasteiger partial charge in [-0.05, 0) is 25.0 Å². The van der Waals surface area contributed by atoms with Crippen LogP contribution in [0.2, 0.25) is 0 Å². The van der Waals surface area contributed by atoms with Crippen LogP contribution in [0.15, 0.2) is 12.1 Å². The van der Waals surface area contributed by atoms with Gasteiger partial charge in [-0.1, -0.05) is 19.3 Å². The minimum Gasteiger partial charge on any atom is -0.357 e. The maximum absolute atomic E-state index is 12.9. The summed E-state index contributed by atoms with van der Waals surface area (Å²) in [5, 5.41) is 0. The summed E-state index contributed by atoms with van der Waals surface area (Å²) in [6.45, 7) is 1.47. The first-order chi connectivity index (χ1) is 9.50. The van der Waals surface area contributed by atoms with E-state index in [0.717, 1.165) is 50.9 Å². The Morgan fingerprint density at radius 3 is 2.20 bits per heavy atom. The number of nitrogens with one attached hydrogen (secondary N) is 1. The molecule has 0 atom stereocenters. The fourth-order valence-corrected chi connectivity index (χ4v) is 2.39. The van der Waals surface area contributed by atoms with Crippen molar-refractivity contribution < 1.29 is 13.2 Å². The Labute approximate surface area is 116 Å². The van der Waals surface area contributed by atoms with Crippen LogP contribution in [-0.2, 0) is 6.18 Å². The van der Waals surface area contributed by atoms with Crippen LogP contribution < -0.4 is 16.2 Å². The molecule has 0 aliphatic carbocycles. The van der Waals surface area contributed by atoms with Gasteiger partial charge >= 0.3 is 6.18 Å². The Balaban J connectivity index is 2.29. The number of hydrogen-bond acceptors (Lipinski definition) is 4.